The second kappa shape index (κ2) is 8.92. The number of para-hydroxylation sites is 1. The summed E-state index contributed by atoms with van der Waals surface area (Å²) in [5.41, 5.74) is 0.906. The number of carbonyl (C=O) groups excluding carboxylic acids is 1. The van der Waals surface area contributed by atoms with Gasteiger partial charge in [-0.15, -0.1) is 10.2 Å². The van der Waals surface area contributed by atoms with Crippen molar-refractivity contribution in [2.45, 2.75) is 23.9 Å². The maximum Gasteiger partial charge on any atom is 0.233 e. The average Bonchev–Trinajstić information content (AvgIpc) is 3.09. The molecule has 0 unspecified atom stereocenters. The first-order valence-corrected chi connectivity index (χ1v) is 9.60. The third kappa shape index (κ3) is 4.81. The van der Waals surface area contributed by atoms with Gasteiger partial charge in [0.15, 0.2) is 11.0 Å². The summed E-state index contributed by atoms with van der Waals surface area (Å²) < 4.78 is 7.73. The number of hydrogen-bond acceptors (Lipinski definition) is 5. The molecule has 1 aromatic heterocycles. The molecular weight excluding hydrogens is 384 g/mol. The number of thioether (sulfide) groups is 1. The quantitative estimate of drug-likeness (QED) is 0.610. The molecule has 0 saturated carbocycles. The fourth-order valence-corrected chi connectivity index (χ4v) is 3.47. The second-order valence-electron chi connectivity index (χ2n) is 5.69. The molecule has 0 saturated heterocycles. The monoisotopic (exact) mass is 402 g/mol. The van der Waals surface area contributed by atoms with Gasteiger partial charge in [-0.1, -0.05) is 41.6 Å². The summed E-state index contributed by atoms with van der Waals surface area (Å²) in [5.74, 6) is 1.26. The van der Waals surface area contributed by atoms with E-state index in [1.54, 1.807) is 31.3 Å². The molecule has 2 aromatic carbocycles. The predicted octanol–water partition coefficient (Wildman–Crippen LogP) is 3.73. The van der Waals surface area contributed by atoms with Crippen LogP contribution in [0.25, 0.3) is 5.69 Å². The average molecular weight is 403 g/mol. The van der Waals surface area contributed by atoms with Gasteiger partial charge in [0.1, 0.15) is 12.4 Å². The second-order valence-corrected chi connectivity index (χ2v) is 7.43. The van der Waals surface area contributed by atoms with E-state index in [0.717, 1.165) is 5.69 Å². The third-order valence-corrected chi connectivity index (χ3v) is 5.09. The van der Waals surface area contributed by atoms with Gasteiger partial charge in [-0.3, -0.25) is 9.36 Å². The maximum atomic E-state index is 11.9. The van der Waals surface area contributed by atoms with Gasteiger partial charge in [-0.05, 0) is 43.3 Å². The van der Waals surface area contributed by atoms with Crippen LogP contribution in [0.5, 0.6) is 5.75 Å². The lowest BCUT2D eigenvalue weighted by molar-refractivity contribution is -0.119. The number of hydrogen-bond donors (Lipinski definition) is 1. The van der Waals surface area contributed by atoms with E-state index in [4.69, 9.17) is 16.3 Å². The number of nitrogens with zero attached hydrogens (tertiary/aromatic N) is 3. The highest BCUT2D eigenvalue weighted by Crippen LogP contribution is 2.26. The Labute approximate surface area is 166 Å². The Bertz CT molecular complexity index is 900. The molecule has 1 N–H and O–H groups in total. The highest BCUT2D eigenvalue weighted by molar-refractivity contribution is 8.00. The van der Waals surface area contributed by atoms with E-state index < -0.39 is 0 Å². The van der Waals surface area contributed by atoms with Crippen molar-refractivity contribution < 1.29 is 9.53 Å². The minimum Gasteiger partial charge on any atom is -0.486 e. The lowest BCUT2D eigenvalue weighted by Gasteiger charge is -2.13. The van der Waals surface area contributed by atoms with E-state index in [-0.39, 0.29) is 17.8 Å². The molecule has 0 aliphatic rings. The van der Waals surface area contributed by atoms with Gasteiger partial charge < -0.3 is 10.1 Å². The molecule has 6 nitrogen and oxygen atoms in total. The zero-order valence-corrected chi connectivity index (χ0v) is 16.5. The molecule has 1 amide bonds. The smallest absolute Gasteiger partial charge is 0.233 e. The van der Waals surface area contributed by atoms with Crippen LogP contribution in [0.2, 0.25) is 5.02 Å². The summed E-state index contributed by atoms with van der Waals surface area (Å²) in [7, 11) is 1.62. The molecule has 3 aromatic rings. The van der Waals surface area contributed by atoms with Gasteiger partial charge >= 0.3 is 0 Å². The van der Waals surface area contributed by atoms with Crippen molar-refractivity contribution >= 4 is 29.3 Å². The summed E-state index contributed by atoms with van der Waals surface area (Å²) in [6, 6.07) is 16.9. The maximum absolute atomic E-state index is 11.9. The van der Waals surface area contributed by atoms with Crippen LogP contribution in [-0.4, -0.2) is 33.0 Å². The van der Waals surface area contributed by atoms with Crippen LogP contribution in [0.4, 0.5) is 0 Å². The zero-order valence-electron chi connectivity index (χ0n) is 14.9. The van der Waals surface area contributed by atoms with Gasteiger partial charge in [-0.25, -0.2) is 0 Å². The summed E-state index contributed by atoms with van der Waals surface area (Å²) in [4.78, 5) is 11.9. The number of rotatable bonds is 7. The fourth-order valence-electron chi connectivity index (χ4n) is 2.40. The highest BCUT2D eigenvalue weighted by Gasteiger charge is 2.20. The number of halogens is 1. The third-order valence-electron chi connectivity index (χ3n) is 3.79. The SMILES string of the molecule is CNC(=O)[C@@H](C)Sc1nnc(COc2ccc(Cl)cc2)n1-c1ccccc1. The molecule has 0 fully saturated rings. The van der Waals surface area contributed by atoms with Crippen LogP contribution < -0.4 is 10.1 Å². The molecule has 140 valence electrons. The van der Waals surface area contributed by atoms with Gasteiger partial charge in [-0.2, -0.15) is 0 Å². The van der Waals surface area contributed by atoms with Crippen LogP contribution in [0.1, 0.15) is 12.7 Å². The molecular formula is C19H19ClN4O2S. The van der Waals surface area contributed by atoms with Crippen LogP contribution >= 0.6 is 23.4 Å². The Balaban J connectivity index is 1.87. The van der Waals surface area contributed by atoms with Gasteiger partial charge in [0, 0.05) is 17.8 Å². The van der Waals surface area contributed by atoms with E-state index in [2.05, 4.69) is 15.5 Å². The first-order chi connectivity index (χ1) is 13.1. The molecule has 0 aliphatic heterocycles. The van der Waals surface area contributed by atoms with Crippen molar-refractivity contribution in [1.29, 1.82) is 0 Å². The lowest BCUT2D eigenvalue weighted by Crippen LogP contribution is -2.27. The Morgan fingerprint density at radius 3 is 2.56 bits per heavy atom. The van der Waals surface area contributed by atoms with Crippen LogP contribution in [-0.2, 0) is 11.4 Å². The molecule has 8 heteroatoms. The number of carbonyl (C=O) groups is 1. The van der Waals surface area contributed by atoms with Crippen molar-refractivity contribution in [3.63, 3.8) is 0 Å². The lowest BCUT2D eigenvalue weighted by atomic mass is 10.3. The number of ether oxygens (including phenoxy) is 1. The molecule has 1 heterocycles. The van der Waals surface area contributed by atoms with Crippen LogP contribution in [0.3, 0.4) is 0 Å². The van der Waals surface area contributed by atoms with E-state index >= 15 is 0 Å². The normalized spacial score (nSPS) is 11.8. The zero-order chi connectivity index (χ0) is 19.2. The minimum atomic E-state index is -0.299. The minimum absolute atomic E-state index is 0.0680. The highest BCUT2D eigenvalue weighted by atomic mass is 35.5. The van der Waals surface area contributed by atoms with Crippen molar-refractivity contribution in [2.24, 2.45) is 0 Å². The molecule has 0 aliphatic carbocycles. The molecule has 1 atom stereocenters. The number of benzene rings is 2. The van der Waals surface area contributed by atoms with E-state index in [1.807, 2.05) is 41.8 Å². The van der Waals surface area contributed by atoms with Crippen molar-refractivity contribution in [3.05, 3.63) is 65.4 Å². The van der Waals surface area contributed by atoms with Gasteiger partial charge in [0.05, 0.1) is 5.25 Å². The Morgan fingerprint density at radius 2 is 1.89 bits per heavy atom. The van der Waals surface area contributed by atoms with E-state index in [1.165, 1.54) is 11.8 Å². The first kappa shape index (κ1) is 19.3. The number of aromatic nitrogens is 3. The van der Waals surface area contributed by atoms with Crippen molar-refractivity contribution in [1.82, 2.24) is 20.1 Å². The van der Waals surface area contributed by atoms with Crippen molar-refractivity contribution in [2.75, 3.05) is 7.05 Å². The van der Waals surface area contributed by atoms with E-state index in [0.29, 0.717) is 21.8 Å². The summed E-state index contributed by atoms with van der Waals surface area (Å²) in [6.07, 6.45) is 0. The molecule has 0 spiro atoms. The topological polar surface area (TPSA) is 69.0 Å². The van der Waals surface area contributed by atoms with E-state index in [9.17, 15) is 4.79 Å². The van der Waals surface area contributed by atoms with Gasteiger partial charge in [0.25, 0.3) is 0 Å². The Hall–Kier alpha value is -2.51. The summed E-state index contributed by atoms with van der Waals surface area (Å²) in [5, 5.41) is 12.2. The largest absolute Gasteiger partial charge is 0.486 e. The van der Waals surface area contributed by atoms with Crippen LogP contribution in [0, 0.1) is 0 Å². The standard InChI is InChI=1S/C19H19ClN4O2S/c1-13(18(25)21-2)27-19-23-22-17(24(19)15-6-4-3-5-7-15)12-26-16-10-8-14(20)9-11-16/h3-11,13H,12H2,1-2H3,(H,21,25)/t13-/m1/s1. The summed E-state index contributed by atoms with van der Waals surface area (Å²) in [6.45, 7) is 2.07. The Kier molecular flexibility index (Phi) is 6.36. The first-order valence-electron chi connectivity index (χ1n) is 8.35. The number of nitrogens with one attached hydrogen (secondary N) is 1. The fraction of sp³-hybridized carbons (Fsp3) is 0.211. The van der Waals surface area contributed by atoms with Crippen LogP contribution in [0.15, 0.2) is 59.8 Å². The molecule has 27 heavy (non-hydrogen) atoms. The molecule has 0 radical (unpaired) electrons. The predicted molar refractivity (Wildman–Crippen MR) is 107 cm³/mol. The number of amides is 1. The molecule has 3 rings (SSSR count). The Morgan fingerprint density at radius 1 is 1.19 bits per heavy atom. The molecule has 0 bridgehead atoms. The summed E-state index contributed by atoms with van der Waals surface area (Å²) >= 11 is 7.25. The van der Waals surface area contributed by atoms with Crippen molar-refractivity contribution in [3.8, 4) is 11.4 Å². The van der Waals surface area contributed by atoms with Gasteiger partial charge in [0.2, 0.25) is 5.91 Å².